The molecule has 12 heteroatoms. The van der Waals surface area contributed by atoms with Crippen LogP contribution in [0, 0.1) is 13.8 Å². The number of amidine groups is 1. The van der Waals surface area contributed by atoms with Crippen molar-refractivity contribution in [2.24, 2.45) is 9.98 Å². The van der Waals surface area contributed by atoms with Gasteiger partial charge in [0.05, 0.1) is 43.2 Å². The number of guanidine groups is 1. The standard InChI is InChI=1S/C26H34N6O5S/c1-15-13-31(14-16(2)36-15)10-6-12-35-20-8-7-19-21(22(20)34-5)29-25(32-11-9-27-23(19)32)30-26(33)37-24-17(3)28-18(4)38-24/h7-8,15-16H,6,9-14H2,1-5H3,(H,29,30,33)/t15-,16+. The number of nitrogens with one attached hydrogen (secondary N) is 1. The van der Waals surface area contributed by atoms with Gasteiger partial charge in [-0.05, 0) is 46.2 Å². The van der Waals surface area contributed by atoms with Crippen LogP contribution < -0.4 is 19.5 Å². The molecule has 0 spiro atoms. The molecule has 1 N–H and O–H groups in total. The number of aliphatic imine (C=N–C) groups is 2. The zero-order chi connectivity index (χ0) is 26.8. The number of aromatic nitrogens is 1. The number of benzene rings is 1. The second-order valence-corrected chi connectivity index (χ2v) is 10.8. The van der Waals surface area contributed by atoms with Crippen LogP contribution >= 0.6 is 11.3 Å². The van der Waals surface area contributed by atoms with Crippen molar-refractivity contribution in [1.29, 1.82) is 0 Å². The lowest BCUT2D eigenvalue weighted by Gasteiger charge is -2.35. The van der Waals surface area contributed by atoms with E-state index in [2.05, 4.69) is 34.0 Å². The quantitative estimate of drug-likeness (QED) is 0.530. The molecule has 3 aliphatic rings. The molecule has 2 aromatic rings. The van der Waals surface area contributed by atoms with Gasteiger partial charge in [-0.3, -0.25) is 20.1 Å². The van der Waals surface area contributed by atoms with E-state index in [4.69, 9.17) is 23.9 Å². The van der Waals surface area contributed by atoms with Crippen molar-refractivity contribution >= 4 is 34.9 Å². The van der Waals surface area contributed by atoms with Crippen molar-refractivity contribution in [3.05, 3.63) is 28.4 Å². The van der Waals surface area contributed by atoms with Crippen LogP contribution in [-0.2, 0) is 4.74 Å². The van der Waals surface area contributed by atoms with Gasteiger partial charge in [-0.25, -0.2) is 14.8 Å². The third-order valence-corrected chi connectivity index (χ3v) is 7.44. The van der Waals surface area contributed by atoms with Gasteiger partial charge in [0, 0.05) is 31.7 Å². The van der Waals surface area contributed by atoms with Crippen molar-refractivity contribution in [2.75, 3.05) is 46.4 Å². The average Bonchev–Trinajstić information content (AvgIpc) is 3.47. The lowest BCUT2D eigenvalue weighted by Crippen LogP contribution is -2.48. The summed E-state index contributed by atoms with van der Waals surface area (Å²) in [5.41, 5.74) is 2.07. The SMILES string of the molecule is COc1c(OCCCN2C[C@@H](C)O[C@@H](C)C2)ccc2c1N=C(NC(=O)Oc1sc(C)nc1C)N1CCN=C21. The molecule has 2 atom stereocenters. The lowest BCUT2D eigenvalue weighted by atomic mass is 10.1. The van der Waals surface area contributed by atoms with Crippen molar-refractivity contribution in [2.45, 2.75) is 46.3 Å². The third-order valence-electron chi connectivity index (χ3n) is 6.49. The molecule has 3 aliphatic heterocycles. The smallest absolute Gasteiger partial charge is 0.420 e. The fraction of sp³-hybridized carbons (Fsp3) is 0.538. The summed E-state index contributed by atoms with van der Waals surface area (Å²) in [5, 5.41) is 4.07. The minimum absolute atomic E-state index is 0.242. The number of ether oxygens (including phenoxy) is 4. The molecule has 0 unspecified atom stereocenters. The molecule has 1 saturated heterocycles. The summed E-state index contributed by atoms with van der Waals surface area (Å²) in [6.45, 7) is 12.4. The summed E-state index contributed by atoms with van der Waals surface area (Å²) in [7, 11) is 1.59. The van der Waals surface area contributed by atoms with E-state index in [9.17, 15) is 4.79 Å². The second kappa shape index (κ2) is 11.3. The molecule has 1 amide bonds. The average molecular weight is 543 g/mol. The highest BCUT2D eigenvalue weighted by molar-refractivity contribution is 7.13. The second-order valence-electron chi connectivity index (χ2n) is 9.62. The Hall–Kier alpha value is -3.22. The topological polar surface area (TPSA) is 110 Å². The summed E-state index contributed by atoms with van der Waals surface area (Å²) < 4.78 is 23.2. The highest BCUT2D eigenvalue weighted by atomic mass is 32.1. The third kappa shape index (κ3) is 5.62. The molecule has 11 nitrogen and oxygen atoms in total. The number of amides is 1. The number of thiazole rings is 1. The predicted octanol–water partition coefficient (Wildman–Crippen LogP) is 3.50. The Bertz CT molecular complexity index is 1250. The number of carbonyl (C=O) groups excluding carboxylic acids is 1. The number of fused-ring (bicyclic) bond motifs is 3. The first-order valence-corrected chi connectivity index (χ1v) is 13.7. The summed E-state index contributed by atoms with van der Waals surface area (Å²) >= 11 is 1.32. The van der Waals surface area contributed by atoms with Crippen LogP contribution in [0.2, 0.25) is 0 Å². The number of nitrogens with zero attached hydrogens (tertiary/aromatic N) is 5. The van der Waals surface area contributed by atoms with Gasteiger partial charge in [0.15, 0.2) is 11.5 Å². The Morgan fingerprint density at radius 3 is 2.74 bits per heavy atom. The maximum atomic E-state index is 12.7. The van der Waals surface area contributed by atoms with Crippen LogP contribution in [0.1, 0.15) is 36.5 Å². The highest BCUT2D eigenvalue weighted by Gasteiger charge is 2.33. The minimum Gasteiger partial charge on any atom is -0.491 e. The molecule has 0 radical (unpaired) electrons. The summed E-state index contributed by atoms with van der Waals surface area (Å²) in [6.07, 6.45) is 0.722. The normalized spacial score (nSPS) is 20.8. The van der Waals surface area contributed by atoms with E-state index in [0.29, 0.717) is 53.6 Å². The fourth-order valence-electron chi connectivity index (χ4n) is 5.05. The number of carbonyl (C=O) groups is 1. The molecule has 1 fully saturated rings. The summed E-state index contributed by atoms with van der Waals surface area (Å²) in [4.78, 5) is 30.7. The number of hydrogen-bond donors (Lipinski definition) is 1. The predicted molar refractivity (Wildman–Crippen MR) is 146 cm³/mol. The van der Waals surface area contributed by atoms with Gasteiger partial charge in [0.2, 0.25) is 11.0 Å². The van der Waals surface area contributed by atoms with E-state index in [1.54, 1.807) is 14.0 Å². The molecular weight excluding hydrogens is 508 g/mol. The van der Waals surface area contributed by atoms with Gasteiger partial charge < -0.3 is 18.9 Å². The van der Waals surface area contributed by atoms with Crippen LogP contribution in [0.25, 0.3) is 0 Å². The van der Waals surface area contributed by atoms with Gasteiger partial charge in [-0.2, -0.15) is 0 Å². The Morgan fingerprint density at radius 2 is 2.03 bits per heavy atom. The first-order valence-electron chi connectivity index (χ1n) is 12.9. The molecule has 0 bridgehead atoms. The van der Waals surface area contributed by atoms with Gasteiger partial charge in [-0.15, -0.1) is 0 Å². The van der Waals surface area contributed by atoms with Gasteiger partial charge in [0.1, 0.15) is 11.5 Å². The zero-order valence-electron chi connectivity index (χ0n) is 22.4. The van der Waals surface area contributed by atoms with E-state index in [-0.39, 0.29) is 12.2 Å². The molecule has 0 saturated carbocycles. The largest absolute Gasteiger partial charge is 0.491 e. The first-order chi connectivity index (χ1) is 18.3. The van der Waals surface area contributed by atoms with Gasteiger partial charge >= 0.3 is 6.09 Å². The van der Waals surface area contributed by atoms with Gasteiger partial charge in [0.25, 0.3) is 0 Å². The zero-order valence-corrected chi connectivity index (χ0v) is 23.3. The van der Waals surface area contributed by atoms with Crippen LogP contribution in [-0.4, -0.2) is 91.3 Å². The van der Waals surface area contributed by atoms with E-state index < -0.39 is 6.09 Å². The molecule has 0 aliphatic carbocycles. The van der Waals surface area contributed by atoms with E-state index in [1.165, 1.54) is 11.3 Å². The van der Waals surface area contributed by atoms with E-state index in [0.717, 1.165) is 42.5 Å². The molecular formula is C26H34N6O5S. The molecule has 5 rings (SSSR count). The highest BCUT2D eigenvalue weighted by Crippen LogP contribution is 2.43. The minimum atomic E-state index is -0.636. The van der Waals surface area contributed by atoms with Crippen molar-refractivity contribution in [3.63, 3.8) is 0 Å². The first kappa shape index (κ1) is 26.4. The Kier molecular flexibility index (Phi) is 7.82. The summed E-state index contributed by atoms with van der Waals surface area (Å²) in [5.74, 6) is 2.18. The van der Waals surface area contributed by atoms with E-state index >= 15 is 0 Å². The molecule has 204 valence electrons. The fourth-order valence-corrected chi connectivity index (χ4v) is 5.81. The molecule has 1 aromatic carbocycles. The van der Waals surface area contributed by atoms with Crippen LogP contribution in [0.3, 0.4) is 0 Å². The molecule has 1 aromatic heterocycles. The molecule has 4 heterocycles. The van der Waals surface area contributed by atoms with Crippen molar-refractivity contribution < 1.29 is 23.7 Å². The maximum absolute atomic E-state index is 12.7. The Morgan fingerprint density at radius 1 is 1.24 bits per heavy atom. The lowest BCUT2D eigenvalue weighted by molar-refractivity contribution is -0.0686. The van der Waals surface area contributed by atoms with Gasteiger partial charge in [-0.1, -0.05) is 11.3 Å². The van der Waals surface area contributed by atoms with E-state index in [1.807, 2.05) is 24.0 Å². The molecule has 38 heavy (non-hydrogen) atoms. The Labute approximate surface area is 226 Å². The number of morpholine rings is 1. The van der Waals surface area contributed by atoms with Crippen LogP contribution in [0.5, 0.6) is 16.6 Å². The monoisotopic (exact) mass is 542 g/mol. The summed E-state index contributed by atoms with van der Waals surface area (Å²) in [6, 6.07) is 3.84. The number of hydrogen-bond acceptors (Lipinski definition) is 11. The van der Waals surface area contributed by atoms with Crippen molar-refractivity contribution in [1.82, 2.24) is 20.1 Å². The number of methoxy groups -OCH3 is 1. The van der Waals surface area contributed by atoms with Crippen molar-refractivity contribution in [3.8, 4) is 16.6 Å². The Balaban J connectivity index is 1.30. The van der Waals surface area contributed by atoms with Crippen LogP contribution in [0.15, 0.2) is 22.1 Å². The maximum Gasteiger partial charge on any atom is 0.420 e. The number of rotatable bonds is 7. The van der Waals surface area contributed by atoms with Crippen LogP contribution in [0.4, 0.5) is 10.5 Å². The number of aryl methyl sites for hydroxylation is 2.